The zero-order valence-corrected chi connectivity index (χ0v) is 6.17. The Morgan fingerprint density at radius 3 is 2.67 bits per heavy atom. The van der Waals surface area contributed by atoms with E-state index in [0.717, 1.165) is 0 Å². The molecule has 0 aliphatic rings. The standard InChI is InChI=1S/C7H8F2N2O/c8-7(9)6-4(3-12)1-2-5(10)11-6/h1-2,7,12H,3H2,(H2,10,11). The maximum atomic E-state index is 12.2. The van der Waals surface area contributed by atoms with Crippen molar-refractivity contribution >= 4 is 5.82 Å². The first-order chi connectivity index (χ1) is 5.65. The lowest BCUT2D eigenvalue weighted by Crippen LogP contribution is -2.01. The normalized spacial score (nSPS) is 10.7. The Morgan fingerprint density at radius 2 is 2.17 bits per heavy atom. The summed E-state index contributed by atoms with van der Waals surface area (Å²) in [5.74, 6) is 0.0301. The molecule has 1 aromatic heterocycles. The fourth-order valence-electron chi connectivity index (χ4n) is 0.842. The Kier molecular flexibility index (Phi) is 2.54. The Hall–Kier alpha value is -1.23. The second kappa shape index (κ2) is 3.44. The number of nitrogens with zero attached hydrogens (tertiary/aromatic N) is 1. The number of aromatic nitrogens is 1. The Labute approximate surface area is 67.8 Å². The molecule has 0 aromatic carbocycles. The zero-order chi connectivity index (χ0) is 9.14. The summed E-state index contributed by atoms with van der Waals surface area (Å²) in [5.41, 5.74) is 4.86. The van der Waals surface area contributed by atoms with E-state index >= 15 is 0 Å². The molecule has 3 nitrogen and oxygen atoms in total. The van der Waals surface area contributed by atoms with Gasteiger partial charge in [-0.1, -0.05) is 6.07 Å². The lowest BCUT2D eigenvalue weighted by molar-refractivity contribution is 0.142. The van der Waals surface area contributed by atoms with Crippen LogP contribution in [0.1, 0.15) is 17.7 Å². The number of pyridine rings is 1. The molecule has 0 bridgehead atoms. The van der Waals surface area contributed by atoms with Crippen LogP contribution >= 0.6 is 0 Å². The SMILES string of the molecule is Nc1ccc(CO)c(C(F)F)n1. The van der Waals surface area contributed by atoms with Crippen molar-refractivity contribution in [2.24, 2.45) is 0 Å². The van der Waals surface area contributed by atoms with Crippen molar-refractivity contribution in [2.75, 3.05) is 5.73 Å². The van der Waals surface area contributed by atoms with Gasteiger partial charge in [-0.05, 0) is 6.07 Å². The van der Waals surface area contributed by atoms with Crippen LogP contribution in [0, 0.1) is 0 Å². The summed E-state index contributed by atoms with van der Waals surface area (Å²) in [6.45, 7) is -0.451. The monoisotopic (exact) mass is 174 g/mol. The molecule has 0 amide bonds. The van der Waals surface area contributed by atoms with Gasteiger partial charge in [-0.2, -0.15) is 0 Å². The molecule has 0 spiro atoms. The molecular weight excluding hydrogens is 166 g/mol. The molecule has 1 rings (SSSR count). The average Bonchev–Trinajstić information content (AvgIpc) is 2.04. The van der Waals surface area contributed by atoms with Crippen LogP contribution in [0.3, 0.4) is 0 Å². The fraction of sp³-hybridized carbons (Fsp3) is 0.286. The summed E-state index contributed by atoms with van der Waals surface area (Å²) in [5, 5.41) is 8.64. The first kappa shape index (κ1) is 8.86. The van der Waals surface area contributed by atoms with Crippen LogP contribution in [0.25, 0.3) is 0 Å². The number of anilines is 1. The topological polar surface area (TPSA) is 59.1 Å². The minimum atomic E-state index is -2.70. The Bertz CT molecular complexity index is 278. The van der Waals surface area contributed by atoms with Gasteiger partial charge >= 0.3 is 0 Å². The molecule has 1 heterocycles. The molecule has 3 N–H and O–H groups in total. The molecule has 1 aromatic rings. The highest BCUT2D eigenvalue weighted by molar-refractivity contribution is 5.34. The predicted molar refractivity (Wildman–Crippen MR) is 39.5 cm³/mol. The van der Waals surface area contributed by atoms with Crippen LogP contribution in [-0.4, -0.2) is 10.1 Å². The lowest BCUT2D eigenvalue weighted by Gasteiger charge is -2.05. The highest BCUT2D eigenvalue weighted by atomic mass is 19.3. The highest BCUT2D eigenvalue weighted by Gasteiger charge is 2.13. The highest BCUT2D eigenvalue weighted by Crippen LogP contribution is 2.21. The number of alkyl halides is 2. The third-order valence-corrected chi connectivity index (χ3v) is 1.41. The molecule has 0 aliphatic heterocycles. The second-order valence-electron chi connectivity index (χ2n) is 2.24. The average molecular weight is 174 g/mol. The van der Waals surface area contributed by atoms with E-state index in [1.807, 2.05) is 0 Å². The molecular formula is C7H8F2N2O. The van der Waals surface area contributed by atoms with Gasteiger partial charge in [-0.15, -0.1) is 0 Å². The van der Waals surface area contributed by atoms with Gasteiger partial charge in [0.05, 0.1) is 6.61 Å². The van der Waals surface area contributed by atoms with Gasteiger partial charge in [-0.3, -0.25) is 0 Å². The van der Waals surface area contributed by atoms with Gasteiger partial charge in [0.25, 0.3) is 6.43 Å². The van der Waals surface area contributed by atoms with Crippen LogP contribution in [0.4, 0.5) is 14.6 Å². The van der Waals surface area contributed by atoms with Crippen LogP contribution in [0.15, 0.2) is 12.1 Å². The maximum absolute atomic E-state index is 12.2. The van der Waals surface area contributed by atoms with E-state index in [-0.39, 0.29) is 11.4 Å². The number of rotatable bonds is 2. The molecule has 0 unspecified atom stereocenters. The third-order valence-electron chi connectivity index (χ3n) is 1.41. The largest absolute Gasteiger partial charge is 0.392 e. The molecule has 12 heavy (non-hydrogen) atoms. The van der Waals surface area contributed by atoms with E-state index in [1.165, 1.54) is 12.1 Å². The van der Waals surface area contributed by atoms with Crippen molar-refractivity contribution in [3.8, 4) is 0 Å². The molecule has 0 fully saturated rings. The van der Waals surface area contributed by atoms with Crippen molar-refractivity contribution in [1.29, 1.82) is 0 Å². The Morgan fingerprint density at radius 1 is 1.50 bits per heavy atom. The number of nitrogen functional groups attached to an aromatic ring is 1. The van der Waals surface area contributed by atoms with E-state index in [1.54, 1.807) is 0 Å². The summed E-state index contributed by atoms with van der Waals surface area (Å²) in [6.07, 6.45) is -2.70. The molecule has 0 aliphatic carbocycles. The summed E-state index contributed by atoms with van der Waals surface area (Å²) in [7, 11) is 0. The van der Waals surface area contributed by atoms with Gasteiger partial charge < -0.3 is 10.8 Å². The summed E-state index contributed by atoms with van der Waals surface area (Å²) in [6, 6.07) is 2.71. The number of hydrogen-bond acceptors (Lipinski definition) is 3. The molecule has 0 saturated carbocycles. The number of aliphatic hydroxyl groups excluding tert-OH is 1. The van der Waals surface area contributed by atoms with Crippen LogP contribution in [-0.2, 0) is 6.61 Å². The summed E-state index contributed by atoms with van der Waals surface area (Å²) >= 11 is 0. The van der Waals surface area contributed by atoms with Crippen LogP contribution < -0.4 is 5.73 Å². The number of hydrogen-bond donors (Lipinski definition) is 2. The summed E-state index contributed by atoms with van der Waals surface area (Å²) in [4.78, 5) is 3.41. The molecule has 0 atom stereocenters. The molecule has 0 saturated heterocycles. The van der Waals surface area contributed by atoms with E-state index in [9.17, 15) is 8.78 Å². The number of nitrogens with two attached hydrogens (primary N) is 1. The maximum Gasteiger partial charge on any atom is 0.280 e. The fourth-order valence-corrected chi connectivity index (χ4v) is 0.842. The lowest BCUT2D eigenvalue weighted by atomic mass is 10.2. The van der Waals surface area contributed by atoms with Gasteiger partial charge in [0.15, 0.2) is 0 Å². The molecule has 5 heteroatoms. The van der Waals surface area contributed by atoms with E-state index in [0.29, 0.717) is 0 Å². The first-order valence-electron chi connectivity index (χ1n) is 3.29. The van der Waals surface area contributed by atoms with E-state index in [4.69, 9.17) is 10.8 Å². The zero-order valence-electron chi connectivity index (χ0n) is 6.17. The third kappa shape index (κ3) is 1.68. The number of aliphatic hydroxyl groups is 1. The van der Waals surface area contributed by atoms with Gasteiger partial charge in [0.1, 0.15) is 11.5 Å². The Balaban J connectivity index is 3.12. The predicted octanol–water partition coefficient (Wildman–Crippen LogP) is 1.09. The van der Waals surface area contributed by atoms with Crippen molar-refractivity contribution < 1.29 is 13.9 Å². The van der Waals surface area contributed by atoms with Gasteiger partial charge in [0, 0.05) is 5.56 Å². The number of halogens is 2. The van der Waals surface area contributed by atoms with Crippen molar-refractivity contribution in [3.05, 3.63) is 23.4 Å². The molecule has 0 radical (unpaired) electrons. The van der Waals surface area contributed by atoms with Crippen molar-refractivity contribution in [1.82, 2.24) is 4.98 Å². The van der Waals surface area contributed by atoms with Gasteiger partial charge in [-0.25, -0.2) is 13.8 Å². The minimum absolute atomic E-state index is 0.0301. The summed E-state index contributed by atoms with van der Waals surface area (Å²) < 4.78 is 24.3. The minimum Gasteiger partial charge on any atom is -0.392 e. The second-order valence-corrected chi connectivity index (χ2v) is 2.24. The first-order valence-corrected chi connectivity index (χ1v) is 3.29. The van der Waals surface area contributed by atoms with E-state index < -0.39 is 18.7 Å². The smallest absolute Gasteiger partial charge is 0.280 e. The van der Waals surface area contributed by atoms with Crippen LogP contribution in [0.5, 0.6) is 0 Å². The van der Waals surface area contributed by atoms with Gasteiger partial charge in [0.2, 0.25) is 0 Å². The van der Waals surface area contributed by atoms with Crippen molar-refractivity contribution in [3.63, 3.8) is 0 Å². The van der Waals surface area contributed by atoms with Crippen molar-refractivity contribution in [2.45, 2.75) is 13.0 Å². The van der Waals surface area contributed by atoms with E-state index in [2.05, 4.69) is 4.98 Å². The quantitative estimate of drug-likeness (QED) is 0.705. The van der Waals surface area contributed by atoms with Crippen LogP contribution in [0.2, 0.25) is 0 Å². The molecule has 66 valence electrons.